The van der Waals surface area contributed by atoms with Gasteiger partial charge in [0, 0.05) is 28.8 Å². The van der Waals surface area contributed by atoms with E-state index in [1.807, 2.05) is 42.7 Å². The first-order chi connectivity index (χ1) is 16.4. The number of nitrogens with one attached hydrogen (secondary N) is 2. The summed E-state index contributed by atoms with van der Waals surface area (Å²) < 4.78 is 5.16. The van der Waals surface area contributed by atoms with Crippen molar-refractivity contribution in [3.8, 4) is 0 Å². The molecule has 0 bridgehead atoms. The lowest BCUT2D eigenvalue weighted by molar-refractivity contribution is -0.384. The molecule has 3 aromatic rings. The Balaban J connectivity index is 1.62. The molecule has 0 radical (unpaired) electrons. The number of carbonyl (C=O) groups is 3. The molecular formula is C24H23N3O6S. The van der Waals surface area contributed by atoms with E-state index in [4.69, 9.17) is 4.74 Å². The maximum atomic E-state index is 12.6. The van der Waals surface area contributed by atoms with Crippen LogP contribution in [0.2, 0.25) is 0 Å². The maximum absolute atomic E-state index is 12.6. The van der Waals surface area contributed by atoms with Gasteiger partial charge in [-0.2, -0.15) is 11.8 Å². The van der Waals surface area contributed by atoms with Crippen molar-refractivity contribution >= 4 is 51.7 Å². The quantitative estimate of drug-likeness (QED) is 0.256. The van der Waals surface area contributed by atoms with Crippen LogP contribution in [0.5, 0.6) is 0 Å². The van der Waals surface area contributed by atoms with Crippen LogP contribution in [0.15, 0.2) is 66.7 Å². The van der Waals surface area contributed by atoms with Crippen LogP contribution in [0.3, 0.4) is 0 Å². The van der Waals surface area contributed by atoms with Gasteiger partial charge in [0.05, 0.1) is 4.92 Å². The third kappa shape index (κ3) is 6.55. The van der Waals surface area contributed by atoms with E-state index < -0.39 is 35.4 Å². The van der Waals surface area contributed by atoms with Crippen molar-refractivity contribution in [3.63, 3.8) is 0 Å². The lowest BCUT2D eigenvalue weighted by Crippen LogP contribution is -2.43. The van der Waals surface area contributed by atoms with Gasteiger partial charge in [0.15, 0.2) is 6.61 Å². The molecular weight excluding hydrogens is 458 g/mol. The molecule has 1 atom stereocenters. The van der Waals surface area contributed by atoms with Gasteiger partial charge in [-0.05, 0) is 35.9 Å². The molecule has 0 aliphatic carbocycles. The molecule has 2 amide bonds. The highest BCUT2D eigenvalue weighted by atomic mass is 32.2. The predicted octanol–water partition coefficient (Wildman–Crippen LogP) is 3.78. The molecule has 0 saturated carbocycles. The zero-order valence-corrected chi connectivity index (χ0v) is 19.2. The maximum Gasteiger partial charge on any atom is 0.329 e. The fourth-order valence-electron chi connectivity index (χ4n) is 3.24. The Morgan fingerprint density at radius 2 is 1.79 bits per heavy atom. The number of nitro benzene ring substituents is 1. The second-order valence-electron chi connectivity index (χ2n) is 7.30. The highest BCUT2D eigenvalue weighted by Gasteiger charge is 2.24. The number of hydrogen-bond acceptors (Lipinski definition) is 7. The Bertz CT molecular complexity index is 1210. The van der Waals surface area contributed by atoms with E-state index in [1.54, 1.807) is 6.07 Å². The number of nitro groups is 1. The summed E-state index contributed by atoms with van der Waals surface area (Å²) in [7, 11) is 0. The lowest BCUT2D eigenvalue weighted by Gasteiger charge is -2.17. The highest BCUT2D eigenvalue weighted by Crippen LogP contribution is 2.22. The van der Waals surface area contributed by atoms with E-state index in [9.17, 15) is 24.5 Å². The number of thioether (sulfide) groups is 1. The molecule has 2 N–H and O–H groups in total. The molecule has 34 heavy (non-hydrogen) atoms. The second-order valence-corrected chi connectivity index (χ2v) is 8.28. The van der Waals surface area contributed by atoms with Gasteiger partial charge in [-0.25, -0.2) is 4.79 Å². The Kier molecular flexibility index (Phi) is 8.58. The molecule has 176 valence electrons. The van der Waals surface area contributed by atoms with Crippen molar-refractivity contribution < 1.29 is 24.0 Å². The Morgan fingerprint density at radius 3 is 2.56 bits per heavy atom. The third-order valence-corrected chi connectivity index (χ3v) is 5.57. The number of rotatable bonds is 10. The molecule has 0 saturated heterocycles. The van der Waals surface area contributed by atoms with Crippen LogP contribution in [-0.4, -0.2) is 47.4 Å². The number of amides is 2. The van der Waals surface area contributed by atoms with Crippen LogP contribution in [0.4, 0.5) is 11.4 Å². The zero-order valence-electron chi connectivity index (χ0n) is 18.4. The molecule has 3 rings (SSSR count). The van der Waals surface area contributed by atoms with Gasteiger partial charge in [0.25, 0.3) is 17.5 Å². The molecule has 1 unspecified atom stereocenters. The van der Waals surface area contributed by atoms with Gasteiger partial charge >= 0.3 is 5.97 Å². The number of ether oxygens (including phenoxy) is 1. The van der Waals surface area contributed by atoms with E-state index in [0.29, 0.717) is 11.4 Å². The van der Waals surface area contributed by atoms with Gasteiger partial charge < -0.3 is 15.4 Å². The molecule has 0 aliphatic heterocycles. The average molecular weight is 482 g/mol. The number of fused-ring (bicyclic) bond motifs is 1. The van der Waals surface area contributed by atoms with Crippen LogP contribution in [0.1, 0.15) is 16.8 Å². The number of non-ortho nitro benzene ring substituents is 1. The van der Waals surface area contributed by atoms with E-state index in [1.165, 1.54) is 30.0 Å². The van der Waals surface area contributed by atoms with Crippen LogP contribution in [-0.2, 0) is 14.3 Å². The summed E-state index contributed by atoms with van der Waals surface area (Å²) in [5.41, 5.74) is 0.405. The largest absolute Gasteiger partial charge is 0.454 e. The fourth-order valence-corrected chi connectivity index (χ4v) is 3.72. The fraction of sp³-hybridized carbons (Fsp3) is 0.208. The van der Waals surface area contributed by atoms with Crippen LogP contribution < -0.4 is 10.6 Å². The van der Waals surface area contributed by atoms with Crippen LogP contribution >= 0.6 is 11.8 Å². The van der Waals surface area contributed by atoms with Crippen molar-refractivity contribution in [2.75, 3.05) is 23.9 Å². The number of carbonyl (C=O) groups excluding carboxylic acids is 3. The Labute approximate surface area is 200 Å². The highest BCUT2D eigenvalue weighted by molar-refractivity contribution is 7.98. The normalized spacial score (nSPS) is 11.4. The molecule has 9 nitrogen and oxygen atoms in total. The van der Waals surface area contributed by atoms with Crippen molar-refractivity contribution in [2.24, 2.45) is 0 Å². The molecule has 0 aromatic heterocycles. The monoisotopic (exact) mass is 481 g/mol. The lowest BCUT2D eigenvalue weighted by atomic mass is 10.1. The minimum atomic E-state index is -1.01. The molecule has 0 heterocycles. The predicted molar refractivity (Wildman–Crippen MR) is 131 cm³/mol. The van der Waals surface area contributed by atoms with E-state index >= 15 is 0 Å². The van der Waals surface area contributed by atoms with Crippen molar-refractivity contribution in [2.45, 2.75) is 12.5 Å². The molecule has 3 aromatic carbocycles. The summed E-state index contributed by atoms with van der Waals surface area (Å²) in [4.78, 5) is 48.0. The van der Waals surface area contributed by atoms with E-state index in [0.717, 1.165) is 16.8 Å². The number of esters is 1. The van der Waals surface area contributed by atoms with Crippen molar-refractivity contribution in [1.29, 1.82) is 0 Å². The minimum absolute atomic E-state index is 0.0462. The van der Waals surface area contributed by atoms with Crippen molar-refractivity contribution in [3.05, 3.63) is 82.4 Å². The topological polar surface area (TPSA) is 128 Å². The summed E-state index contributed by atoms with van der Waals surface area (Å²) in [6.45, 7) is -0.523. The zero-order chi connectivity index (χ0) is 24.5. The summed E-state index contributed by atoms with van der Waals surface area (Å²) in [5.74, 6) is -1.37. The molecule has 0 aliphatic rings. The van der Waals surface area contributed by atoms with Gasteiger partial charge in [-0.3, -0.25) is 19.7 Å². The van der Waals surface area contributed by atoms with E-state index in [2.05, 4.69) is 10.6 Å². The van der Waals surface area contributed by atoms with Crippen LogP contribution in [0.25, 0.3) is 10.8 Å². The number of benzene rings is 3. The summed E-state index contributed by atoms with van der Waals surface area (Å²) >= 11 is 1.48. The van der Waals surface area contributed by atoms with Gasteiger partial charge in [0.2, 0.25) is 0 Å². The summed E-state index contributed by atoms with van der Waals surface area (Å²) in [6.07, 6.45) is 2.12. The van der Waals surface area contributed by atoms with Gasteiger partial charge in [-0.15, -0.1) is 0 Å². The molecule has 0 fully saturated rings. The summed E-state index contributed by atoms with van der Waals surface area (Å²) in [5, 5.41) is 18.1. The standard InChI is InChI=1S/C24H23N3O6S/c1-34-13-12-21(26-23(29)17-8-4-9-18(14-17)27(31)32)24(30)33-15-22(28)25-20-11-5-7-16-6-2-3-10-19(16)20/h2-11,14,21H,12-13,15H2,1H3,(H,25,28)(H,26,29). The second kappa shape index (κ2) is 11.8. The average Bonchev–Trinajstić information content (AvgIpc) is 2.85. The number of hydrogen-bond donors (Lipinski definition) is 2. The number of nitrogens with zero attached hydrogens (tertiary/aromatic N) is 1. The first-order valence-electron chi connectivity index (χ1n) is 10.4. The first kappa shape index (κ1) is 24.7. The van der Waals surface area contributed by atoms with Gasteiger partial charge in [-0.1, -0.05) is 42.5 Å². The third-order valence-electron chi connectivity index (χ3n) is 4.93. The van der Waals surface area contributed by atoms with Gasteiger partial charge in [0.1, 0.15) is 6.04 Å². The van der Waals surface area contributed by atoms with Crippen molar-refractivity contribution in [1.82, 2.24) is 5.32 Å². The minimum Gasteiger partial charge on any atom is -0.454 e. The van der Waals surface area contributed by atoms with E-state index in [-0.39, 0.29) is 17.7 Å². The Hall–Kier alpha value is -3.92. The smallest absolute Gasteiger partial charge is 0.329 e. The summed E-state index contributed by atoms with van der Waals surface area (Å²) in [6, 6.07) is 17.2. The Morgan fingerprint density at radius 1 is 1.06 bits per heavy atom. The van der Waals surface area contributed by atoms with Crippen LogP contribution in [0, 0.1) is 10.1 Å². The molecule has 10 heteroatoms. The molecule has 0 spiro atoms. The first-order valence-corrected chi connectivity index (χ1v) is 11.8. The number of anilines is 1. The SMILES string of the molecule is CSCCC(NC(=O)c1cccc([N+](=O)[O-])c1)C(=O)OCC(=O)Nc1cccc2ccccc12.